The van der Waals surface area contributed by atoms with Crippen LogP contribution in [-0.2, 0) is 0 Å². The molecule has 1 aliphatic carbocycles. The normalized spacial score (nSPS) is 26.2. The highest BCUT2D eigenvalue weighted by molar-refractivity contribution is 9.12. The van der Waals surface area contributed by atoms with Gasteiger partial charge in [0.05, 0.1) is 4.47 Å². The van der Waals surface area contributed by atoms with Crippen LogP contribution in [0.5, 0.6) is 11.5 Å². The van der Waals surface area contributed by atoms with E-state index in [2.05, 4.69) is 63.7 Å². The van der Waals surface area contributed by atoms with E-state index in [4.69, 9.17) is 0 Å². The SMILES string of the molecule is Oc1c(Br)cc(C2=CC(Br)=CC(O)(Br)C2O)c(O)c1Br. The Kier molecular flexibility index (Phi) is 4.73. The molecule has 0 saturated heterocycles. The van der Waals surface area contributed by atoms with Gasteiger partial charge in [-0.25, -0.2) is 0 Å². The number of phenols is 2. The van der Waals surface area contributed by atoms with Crippen LogP contribution in [0.2, 0.25) is 0 Å². The molecule has 0 aromatic heterocycles. The predicted molar refractivity (Wildman–Crippen MR) is 90.0 cm³/mol. The largest absolute Gasteiger partial charge is 0.506 e. The maximum Gasteiger partial charge on any atom is 0.169 e. The highest BCUT2D eigenvalue weighted by atomic mass is 79.9. The molecule has 8 heteroatoms. The Labute approximate surface area is 148 Å². The van der Waals surface area contributed by atoms with Gasteiger partial charge in [0.1, 0.15) is 22.1 Å². The zero-order valence-corrected chi connectivity index (χ0v) is 16.0. The maximum absolute atomic E-state index is 10.2. The number of halogens is 4. The summed E-state index contributed by atoms with van der Waals surface area (Å²) in [5.74, 6) is -0.387. The summed E-state index contributed by atoms with van der Waals surface area (Å²) < 4.78 is -0.677. The van der Waals surface area contributed by atoms with Crippen LogP contribution in [0.25, 0.3) is 5.57 Å². The Morgan fingerprint density at radius 3 is 2.30 bits per heavy atom. The summed E-state index contributed by atoms with van der Waals surface area (Å²) >= 11 is 12.5. The molecule has 108 valence electrons. The van der Waals surface area contributed by atoms with Crippen molar-refractivity contribution < 1.29 is 20.4 Å². The molecule has 4 N–H and O–H groups in total. The van der Waals surface area contributed by atoms with Crippen molar-refractivity contribution in [1.29, 1.82) is 0 Å². The molecule has 2 unspecified atom stereocenters. The predicted octanol–water partition coefficient (Wildman–Crippen LogP) is 3.74. The summed E-state index contributed by atoms with van der Waals surface area (Å²) in [6.07, 6.45) is 1.67. The minimum absolute atomic E-state index is 0.0961. The fraction of sp³-hybridized carbons (Fsp3) is 0.167. The van der Waals surface area contributed by atoms with Crippen molar-refractivity contribution in [3.63, 3.8) is 0 Å². The lowest BCUT2D eigenvalue weighted by molar-refractivity contribution is 0.0652. The number of benzene rings is 1. The van der Waals surface area contributed by atoms with Gasteiger partial charge >= 0.3 is 0 Å². The number of aliphatic hydroxyl groups excluding tert-OH is 1. The summed E-state index contributed by atoms with van der Waals surface area (Å²) in [7, 11) is 0. The van der Waals surface area contributed by atoms with Crippen molar-refractivity contribution >= 4 is 69.3 Å². The third-order valence-electron chi connectivity index (χ3n) is 2.79. The second-order valence-electron chi connectivity index (χ2n) is 4.18. The Bertz CT molecular complexity index is 637. The zero-order valence-electron chi connectivity index (χ0n) is 9.61. The lowest BCUT2D eigenvalue weighted by Crippen LogP contribution is -2.37. The Balaban J connectivity index is 2.66. The molecule has 0 fully saturated rings. The van der Waals surface area contributed by atoms with Crippen LogP contribution in [0.15, 0.2) is 31.6 Å². The minimum Gasteiger partial charge on any atom is -0.506 e. The van der Waals surface area contributed by atoms with Crippen molar-refractivity contribution in [3.8, 4) is 11.5 Å². The average molecular weight is 536 g/mol. The summed E-state index contributed by atoms with van der Waals surface area (Å²) in [6.45, 7) is 0. The number of allylic oxidation sites excluding steroid dienone is 2. The number of aliphatic hydroxyl groups is 2. The molecular weight excluding hydrogens is 528 g/mol. The Morgan fingerprint density at radius 2 is 1.70 bits per heavy atom. The van der Waals surface area contributed by atoms with Crippen molar-refractivity contribution in [3.05, 3.63) is 37.2 Å². The minimum atomic E-state index is -1.65. The van der Waals surface area contributed by atoms with Gasteiger partial charge in [-0.2, -0.15) is 0 Å². The molecule has 0 aliphatic heterocycles. The second kappa shape index (κ2) is 5.73. The summed E-state index contributed by atoms with van der Waals surface area (Å²) in [5.41, 5.74) is 0.564. The summed E-state index contributed by atoms with van der Waals surface area (Å²) in [6, 6.07) is 1.46. The average Bonchev–Trinajstić information content (AvgIpc) is 2.35. The van der Waals surface area contributed by atoms with Gasteiger partial charge in [0.15, 0.2) is 4.51 Å². The van der Waals surface area contributed by atoms with Crippen LogP contribution >= 0.6 is 63.7 Å². The molecule has 4 nitrogen and oxygen atoms in total. The van der Waals surface area contributed by atoms with Crippen LogP contribution in [0.1, 0.15) is 5.56 Å². The van der Waals surface area contributed by atoms with Crippen LogP contribution in [0.3, 0.4) is 0 Å². The first-order chi connectivity index (χ1) is 9.15. The van der Waals surface area contributed by atoms with Gasteiger partial charge in [0.25, 0.3) is 0 Å². The third kappa shape index (κ3) is 2.86. The molecule has 1 aliphatic rings. The van der Waals surface area contributed by atoms with Gasteiger partial charge in [0, 0.05) is 10.0 Å². The number of rotatable bonds is 1. The summed E-state index contributed by atoms with van der Waals surface area (Å²) in [4.78, 5) is 0. The number of hydrogen-bond acceptors (Lipinski definition) is 4. The van der Waals surface area contributed by atoms with E-state index in [0.717, 1.165) is 0 Å². The van der Waals surface area contributed by atoms with Crippen molar-refractivity contribution in [2.75, 3.05) is 0 Å². The van der Waals surface area contributed by atoms with E-state index in [0.29, 0.717) is 8.96 Å². The third-order valence-corrected chi connectivity index (χ3v) is 5.27. The standard InChI is InChI=1S/C12H8Br4O4/c13-4-1-6(11(19)12(16,20)3-4)5-2-7(14)10(18)8(15)9(5)17/h1-3,11,17-20H. The molecule has 20 heavy (non-hydrogen) atoms. The van der Waals surface area contributed by atoms with Gasteiger partial charge in [-0.05, 0) is 71.6 Å². The number of phenolic OH excluding ortho intramolecular Hbond substituents is 2. The van der Waals surface area contributed by atoms with E-state index in [1.54, 1.807) is 6.08 Å². The molecule has 2 atom stereocenters. The molecular formula is C12H8Br4O4. The molecule has 1 aromatic rings. The van der Waals surface area contributed by atoms with Crippen molar-refractivity contribution in [1.82, 2.24) is 0 Å². The second-order valence-corrected chi connectivity index (χ2v) is 8.01. The summed E-state index contributed by atoms with van der Waals surface area (Å²) in [5, 5.41) is 40.1. The van der Waals surface area contributed by atoms with E-state index in [1.807, 2.05) is 0 Å². The van der Waals surface area contributed by atoms with Crippen LogP contribution in [0.4, 0.5) is 0 Å². The Morgan fingerprint density at radius 1 is 1.10 bits per heavy atom. The molecule has 0 amide bonds. The first-order valence-corrected chi connectivity index (χ1v) is 8.42. The van der Waals surface area contributed by atoms with Gasteiger partial charge in [-0.1, -0.05) is 15.9 Å². The first-order valence-electron chi connectivity index (χ1n) is 5.24. The maximum atomic E-state index is 10.2. The van der Waals surface area contributed by atoms with Crippen molar-refractivity contribution in [2.45, 2.75) is 10.6 Å². The Hall–Kier alpha value is 0.140. The molecule has 0 radical (unpaired) electrons. The lowest BCUT2D eigenvalue weighted by atomic mass is 9.92. The van der Waals surface area contributed by atoms with Crippen LogP contribution in [-0.4, -0.2) is 31.0 Å². The van der Waals surface area contributed by atoms with Crippen LogP contribution in [0, 0.1) is 0 Å². The van der Waals surface area contributed by atoms with Gasteiger partial charge in [-0.15, -0.1) is 0 Å². The number of alkyl halides is 1. The van der Waals surface area contributed by atoms with E-state index in [-0.39, 0.29) is 27.1 Å². The smallest absolute Gasteiger partial charge is 0.169 e. The molecule has 0 spiro atoms. The number of aromatic hydroxyl groups is 2. The molecule has 2 rings (SSSR count). The van der Waals surface area contributed by atoms with E-state index in [1.165, 1.54) is 12.1 Å². The van der Waals surface area contributed by atoms with Gasteiger partial charge in [-0.3, -0.25) is 0 Å². The molecule has 0 saturated carbocycles. The van der Waals surface area contributed by atoms with E-state index >= 15 is 0 Å². The number of hydrogen-bond donors (Lipinski definition) is 4. The van der Waals surface area contributed by atoms with Crippen molar-refractivity contribution in [2.24, 2.45) is 0 Å². The van der Waals surface area contributed by atoms with Gasteiger partial charge < -0.3 is 20.4 Å². The fourth-order valence-electron chi connectivity index (χ4n) is 1.80. The highest BCUT2D eigenvalue weighted by Crippen LogP contribution is 2.47. The molecule has 0 bridgehead atoms. The molecule has 1 aromatic carbocycles. The lowest BCUT2D eigenvalue weighted by Gasteiger charge is -2.30. The zero-order chi connectivity index (χ0) is 15.2. The molecule has 0 heterocycles. The van der Waals surface area contributed by atoms with E-state index in [9.17, 15) is 20.4 Å². The van der Waals surface area contributed by atoms with Gasteiger partial charge in [0.2, 0.25) is 0 Å². The monoisotopic (exact) mass is 532 g/mol. The quantitative estimate of drug-likeness (QED) is 0.413. The fourth-order valence-corrected chi connectivity index (χ4v) is 4.32. The highest BCUT2D eigenvalue weighted by Gasteiger charge is 2.38. The van der Waals surface area contributed by atoms with Crippen LogP contribution < -0.4 is 0 Å². The first kappa shape index (κ1) is 16.5. The topological polar surface area (TPSA) is 80.9 Å². The van der Waals surface area contributed by atoms with E-state index < -0.39 is 10.6 Å².